The number of oxime groups is 1. The standard InChI is InChI=1S/C14H25NO9S2/c1-2-3-4-5-6-7-10(15-24-26(20,21)22)25-14-13(19)12(18)11(17)9(8-16)23-14/h2,9,11-14,16-19H,1,3-8H2,(H,20,21,22)/b15-10-/t9-,11+,12+,13-,14-/m1/s1. The van der Waals surface area contributed by atoms with Crippen molar-refractivity contribution in [2.45, 2.75) is 62.0 Å². The van der Waals surface area contributed by atoms with Gasteiger partial charge in [-0.2, -0.15) is 8.42 Å². The number of aliphatic hydroxyl groups excluding tert-OH is 4. The first-order valence-corrected chi connectivity index (χ1v) is 10.2. The lowest BCUT2D eigenvalue weighted by atomic mass is 10.0. The van der Waals surface area contributed by atoms with E-state index in [1.807, 2.05) is 0 Å². The van der Waals surface area contributed by atoms with E-state index in [0.29, 0.717) is 6.42 Å². The number of nitrogens with zero attached hydrogens (tertiary/aromatic N) is 1. The summed E-state index contributed by atoms with van der Waals surface area (Å²) in [5, 5.41) is 42.2. The number of unbranched alkanes of at least 4 members (excludes halogenated alkanes) is 3. The Balaban J connectivity index is 2.77. The van der Waals surface area contributed by atoms with Crippen LogP contribution in [0.4, 0.5) is 0 Å². The van der Waals surface area contributed by atoms with Gasteiger partial charge in [0.2, 0.25) is 0 Å². The molecular formula is C14H25NO9S2. The van der Waals surface area contributed by atoms with Crippen LogP contribution in [0.3, 0.4) is 0 Å². The fourth-order valence-corrected chi connectivity index (χ4v) is 3.60. The lowest BCUT2D eigenvalue weighted by Gasteiger charge is -2.39. The molecule has 0 aliphatic carbocycles. The summed E-state index contributed by atoms with van der Waals surface area (Å²) in [6.45, 7) is 3.03. The van der Waals surface area contributed by atoms with Gasteiger partial charge < -0.3 is 25.2 Å². The summed E-state index contributed by atoms with van der Waals surface area (Å²) in [7, 11) is -4.79. The number of thioether (sulfide) groups is 1. The monoisotopic (exact) mass is 415 g/mol. The molecule has 0 bridgehead atoms. The quantitative estimate of drug-likeness (QED) is 0.0804. The highest BCUT2D eigenvalue weighted by Gasteiger charge is 2.44. The smallest absolute Gasteiger partial charge is 0.394 e. The van der Waals surface area contributed by atoms with Crippen molar-refractivity contribution in [3.63, 3.8) is 0 Å². The zero-order chi connectivity index (χ0) is 19.7. The van der Waals surface area contributed by atoms with Gasteiger partial charge in [-0.15, -0.1) is 6.58 Å². The summed E-state index contributed by atoms with van der Waals surface area (Å²) in [5.41, 5.74) is -1.12. The van der Waals surface area contributed by atoms with Gasteiger partial charge in [-0.3, -0.25) is 4.55 Å². The zero-order valence-corrected chi connectivity index (χ0v) is 15.7. The Morgan fingerprint density at radius 2 is 1.88 bits per heavy atom. The van der Waals surface area contributed by atoms with Crippen molar-refractivity contribution in [2.75, 3.05) is 6.61 Å². The van der Waals surface area contributed by atoms with Gasteiger partial charge in [-0.05, 0) is 25.7 Å². The van der Waals surface area contributed by atoms with E-state index < -0.39 is 46.9 Å². The van der Waals surface area contributed by atoms with Gasteiger partial charge in [0.05, 0.1) is 6.61 Å². The van der Waals surface area contributed by atoms with Gasteiger partial charge in [-0.25, -0.2) is 4.28 Å². The molecule has 12 heteroatoms. The predicted octanol–water partition coefficient (Wildman–Crippen LogP) is -0.211. The van der Waals surface area contributed by atoms with Crippen LogP contribution in [0.5, 0.6) is 0 Å². The van der Waals surface area contributed by atoms with Gasteiger partial charge in [0.1, 0.15) is 34.9 Å². The lowest BCUT2D eigenvalue weighted by Crippen LogP contribution is -2.57. The van der Waals surface area contributed by atoms with E-state index in [1.165, 1.54) is 0 Å². The van der Waals surface area contributed by atoms with Gasteiger partial charge in [-0.1, -0.05) is 29.4 Å². The third kappa shape index (κ3) is 7.88. The Kier molecular flexibility index (Phi) is 10.0. The first kappa shape index (κ1) is 23.3. The minimum absolute atomic E-state index is 0.102. The van der Waals surface area contributed by atoms with E-state index >= 15 is 0 Å². The molecule has 26 heavy (non-hydrogen) atoms. The van der Waals surface area contributed by atoms with Crippen LogP contribution in [0.15, 0.2) is 17.8 Å². The van der Waals surface area contributed by atoms with Crippen molar-refractivity contribution in [2.24, 2.45) is 5.16 Å². The highest BCUT2D eigenvalue weighted by molar-refractivity contribution is 8.14. The van der Waals surface area contributed by atoms with Crippen LogP contribution in [-0.2, 0) is 19.4 Å². The van der Waals surface area contributed by atoms with Gasteiger partial charge in [0, 0.05) is 0 Å². The number of hydrogen-bond donors (Lipinski definition) is 5. The van der Waals surface area contributed by atoms with Crippen LogP contribution in [0.25, 0.3) is 0 Å². The molecule has 0 amide bonds. The van der Waals surface area contributed by atoms with Crippen LogP contribution >= 0.6 is 11.8 Å². The molecule has 0 saturated carbocycles. The third-order valence-corrected chi connectivity index (χ3v) is 5.07. The molecule has 5 N–H and O–H groups in total. The second kappa shape index (κ2) is 11.2. The third-order valence-electron chi connectivity index (χ3n) is 3.63. The van der Waals surface area contributed by atoms with Crippen LogP contribution in [0.1, 0.15) is 32.1 Å². The molecule has 0 radical (unpaired) electrons. The minimum atomic E-state index is -4.79. The first-order valence-electron chi connectivity index (χ1n) is 8.00. The number of rotatable bonds is 10. The van der Waals surface area contributed by atoms with Crippen molar-refractivity contribution < 1.29 is 42.4 Å². The Hall–Kier alpha value is -0.730. The molecule has 1 rings (SSSR count). The maximum atomic E-state index is 10.7. The molecule has 1 aliphatic rings. The van der Waals surface area contributed by atoms with Gasteiger partial charge in [0.25, 0.3) is 0 Å². The number of aliphatic hydroxyl groups is 4. The molecule has 5 atom stereocenters. The predicted molar refractivity (Wildman–Crippen MR) is 94.7 cm³/mol. The molecule has 1 heterocycles. The topological polar surface area (TPSA) is 166 Å². The Labute approximate surface area is 156 Å². The molecule has 152 valence electrons. The fourth-order valence-electron chi connectivity index (χ4n) is 2.26. The molecule has 0 aromatic rings. The lowest BCUT2D eigenvalue weighted by molar-refractivity contribution is -0.205. The Morgan fingerprint density at radius 3 is 2.46 bits per heavy atom. The van der Waals surface area contributed by atoms with Crippen molar-refractivity contribution >= 4 is 27.2 Å². The molecule has 0 aromatic carbocycles. The van der Waals surface area contributed by atoms with Crippen LogP contribution in [0.2, 0.25) is 0 Å². The normalized spacial score (nSPS) is 30.2. The maximum Gasteiger partial charge on any atom is 0.466 e. The summed E-state index contributed by atoms with van der Waals surface area (Å²) in [4.78, 5) is 0. The van der Waals surface area contributed by atoms with E-state index in [0.717, 1.165) is 31.0 Å². The largest absolute Gasteiger partial charge is 0.466 e. The summed E-state index contributed by atoms with van der Waals surface area (Å²) >= 11 is 0.778. The minimum Gasteiger partial charge on any atom is -0.394 e. The first-order chi connectivity index (χ1) is 12.2. The average Bonchev–Trinajstić information content (AvgIpc) is 2.58. The molecular weight excluding hydrogens is 390 g/mol. The van der Waals surface area contributed by atoms with Crippen LogP contribution in [0, 0.1) is 0 Å². The maximum absolute atomic E-state index is 10.7. The van der Waals surface area contributed by atoms with Crippen molar-refractivity contribution in [3.8, 4) is 0 Å². The Bertz CT molecular complexity index is 567. The second-order valence-electron chi connectivity index (χ2n) is 5.69. The highest BCUT2D eigenvalue weighted by Crippen LogP contribution is 2.30. The number of hydrogen-bond acceptors (Lipinski definition) is 10. The van der Waals surface area contributed by atoms with Crippen LogP contribution < -0.4 is 0 Å². The molecule has 0 spiro atoms. The summed E-state index contributed by atoms with van der Waals surface area (Å²) in [5.74, 6) is 0. The highest BCUT2D eigenvalue weighted by atomic mass is 32.3. The number of ether oxygens (including phenoxy) is 1. The SMILES string of the molecule is C=CCCCCC/C(=N/OS(=O)(=O)O)S[C@H]1O[C@H](CO)[C@H](O)[C@H](O)[C@H]1O. The van der Waals surface area contributed by atoms with Crippen molar-refractivity contribution in [1.82, 2.24) is 0 Å². The van der Waals surface area contributed by atoms with Crippen molar-refractivity contribution in [1.29, 1.82) is 0 Å². The number of allylic oxidation sites excluding steroid dienone is 1. The zero-order valence-electron chi connectivity index (χ0n) is 14.0. The van der Waals surface area contributed by atoms with E-state index in [2.05, 4.69) is 16.0 Å². The molecule has 10 nitrogen and oxygen atoms in total. The van der Waals surface area contributed by atoms with Crippen molar-refractivity contribution in [3.05, 3.63) is 12.7 Å². The van der Waals surface area contributed by atoms with Gasteiger partial charge >= 0.3 is 10.4 Å². The summed E-state index contributed by atoms with van der Waals surface area (Å²) in [6, 6.07) is 0. The van der Waals surface area contributed by atoms with E-state index in [-0.39, 0.29) is 11.5 Å². The van der Waals surface area contributed by atoms with E-state index in [9.17, 15) is 28.8 Å². The molecule has 1 saturated heterocycles. The molecule has 1 aliphatic heterocycles. The molecule has 0 unspecified atom stereocenters. The average molecular weight is 415 g/mol. The Morgan fingerprint density at radius 1 is 1.19 bits per heavy atom. The second-order valence-corrected chi connectivity index (χ2v) is 7.87. The van der Waals surface area contributed by atoms with E-state index in [1.54, 1.807) is 6.08 Å². The van der Waals surface area contributed by atoms with Gasteiger partial charge in [0.15, 0.2) is 0 Å². The fraction of sp³-hybridized carbons (Fsp3) is 0.786. The van der Waals surface area contributed by atoms with Crippen LogP contribution in [-0.4, -0.2) is 74.9 Å². The summed E-state index contributed by atoms with van der Waals surface area (Å²) in [6.07, 6.45) is -0.496. The molecule has 1 fully saturated rings. The van der Waals surface area contributed by atoms with E-state index in [4.69, 9.17) is 9.29 Å². The molecule has 0 aromatic heterocycles. The summed E-state index contributed by atoms with van der Waals surface area (Å²) < 4.78 is 39.5.